The lowest BCUT2D eigenvalue weighted by Gasteiger charge is -2.14. The molecule has 16 heavy (non-hydrogen) atoms. The molecule has 0 unspecified atom stereocenters. The number of hydrogen-bond acceptors (Lipinski definition) is 5. The Hall–Kier alpha value is -1.49. The number of ether oxygens (including phenoxy) is 1. The molecule has 3 N–H and O–H groups in total. The summed E-state index contributed by atoms with van der Waals surface area (Å²) in [6, 6.07) is 3.64. The lowest BCUT2D eigenvalue weighted by molar-refractivity contribution is 0.366. The molecule has 0 atom stereocenters. The van der Waals surface area contributed by atoms with Crippen molar-refractivity contribution in [3.63, 3.8) is 0 Å². The number of nitrogens with one attached hydrogen (secondary N) is 1. The highest BCUT2D eigenvalue weighted by Crippen LogP contribution is 2.19. The number of methoxy groups -OCH3 is 1. The predicted octanol–water partition coefficient (Wildman–Crippen LogP) is 1.04. The average Bonchev–Trinajstić information content (AvgIpc) is 2.31. The first-order valence-corrected chi connectivity index (χ1v) is 5.40. The Bertz CT molecular complexity index is 330. The lowest BCUT2D eigenvalue weighted by atomic mass is 10.4. The van der Waals surface area contributed by atoms with Crippen LogP contribution < -0.4 is 15.8 Å². The van der Waals surface area contributed by atoms with Gasteiger partial charge in [-0.25, -0.2) is 0 Å². The van der Waals surface area contributed by atoms with Crippen molar-refractivity contribution in [1.29, 1.82) is 0 Å². The fourth-order valence-corrected chi connectivity index (χ4v) is 1.25. The summed E-state index contributed by atoms with van der Waals surface area (Å²) >= 11 is 0. The Labute approximate surface area is 96.6 Å². The van der Waals surface area contributed by atoms with Crippen LogP contribution in [0.25, 0.3) is 0 Å². The Kier molecular flexibility index (Phi) is 4.85. The molecular weight excluding hydrogens is 204 g/mol. The van der Waals surface area contributed by atoms with E-state index in [0.717, 1.165) is 25.5 Å². The van der Waals surface area contributed by atoms with E-state index in [2.05, 4.69) is 29.2 Å². The van der Waals surface area contributed by atoms with Gasteiger partial charge in [0, 0.05) is 13.1 Å². The van der Waals surface area contributed by atoms with Crippen LogP contribution in [0.2, 0.25) is 0 Å². The van der Waals surface area contributed by atoms with Crippen LogP contribution in [0.1, 0.15) is 6.92 Å². The van der Waals surface area contributed by atoms with Gasteiger partial charge in [-0.1, -0.05) is 6.92 Å². The van der Waals surface area contributed by atoms with E-state index in [9.17, 15) is 0 Å². The molecule has 0 amide bonds. The van der Waals surface area contributed by atoms with Gasteiger partial charge in [0.1, 0.15) is 5.82 Å². The van der Waals surface area contributed by atoms with Gasteiger partial charge >= 0.3 is 0 Å². The van der Waals surface area contributed by atoms with Crippen LogP contribution in [-0.2, 0) is 0 Å². The zero-order chi connectivity index (χ0) is 12.0. The largest absolute Gasteiger partial charge is 0.479 e. The van der Waals surface area contributed by atoms with Crippen molar-refractivity contribution in [2.24, 2.45) is 0 Å². The molecule has 0 saturated carbocycles. The first kappa shape index (κ1) is 12.6. The van der Waals surface area contributed by atoms with Gasteiger partial charge in [-0.15, -0.1) is 0 Å². The van der Waals surface area contributed by atoms with Crippen molar-refractivity contribution in [2.45, 2.75) is 6.92 Å². The SMILES string of the molecule is CCN(C)CCNc1ccc(N)c(OC)n1. The number of nitrogens with two attached hydrogens (primary N) is 1. The Morgan fingerprint density at radius 2 is 2.25 bits per heavy atom. The third-order valence-electron chi connectivity index (χ3n) is 2.42. The van der Waals surface area contributed by atoms with E-state index in [1.807, 2.05) is 6.07 Å². The third kappa shape index (κ3) is 3.58. The average molecular weight is 224 g/mol. The maximum atomic E-state index is 5.67. The molecule has 0 aliphatic heterocycles. The number of rotatable bonds is 6. The number of likely N-dealkylation sites (N-methyl/N-ethyl adjacent to an activating group) is 1. The molecule has 5 heteroatoms. The topological polar surface area (TPSA) is 63.4 Å². The van der Waals surface area contributed by atoms with Gasteiger partial charge in [0.25, 0.3) is 0 Å². The van der Waals surface area contributed by atoms with Crippen LogP contribution in [-0.4, -0.2) is 43.7 Å². The van der Waals surface area contributed by atoms with Gasteiger partial charge in [0.15, 0.2) is 0 Å². The van der Waals surface area contributed by atoms with Crippen molar-refractivity contribution < 1.29 is 4.74 Å². The summed E-state index contributed by atoms with van der Waals surface area (Å²) in [7, 11) is 3.64. The normalized spacial score (nSPS) is 10.5. The first-order valence-electron chi connectivity index (χ1n) is 5.40. The molecule has 1 aromatic rings. The van der Waals surface area contributed by atoms with Crippen molar-refractivity contribution in [2.75, 3.05) is 44.8 Å². The molecule has 0 aliphatic rings. The van der Waals surface area contributed by atoms with Crippen LogP contribution in [0.15, 0.2) is 12.1 Å². The second kappa shape index (κ2) is 6.17. The summed E-state index contributed by atoms with van der Waals surface area (Å²) in [5, 5.41) is 3.22. The van der Waals surface area contributed by atoms with Gasteiger partial charge in [-0.3, -0.25) is 0 Å². The Morgan fingerprint density at radius 3 is 2.88 bits per heavy atom. The maximum absolute atomic E-state index is 5.67. The molecule has 0 spiro atoms. The van der Waals surface area contributed by atoms with Crippen molar-refractivity contribution in [3.05, 3.63) is 12.1 Å². The first-order chi connectivity index (χ1) is 7.67. The van der Waals surface area contributed by atoms with Gasteiger partial charge in [0.05, 0.1) is 12.8 Å². The van der Waals surface area contributed by atoms with E-state index in [-0.39, 0.29) is 0 Å². The molecule has 0 bridgehead atoms. The van der Waals surface area contributed by atoms with Crippen LogP contribution in [0.5, 0.6) is 5.88 Å². The van der Waals surface area contributed by atoms with Gasteiger partial charge in [-0.2, -0.15) is 4.98 Å². The Morgan fingerprint density at radius 1 is 1.50 bits per heavy atom. The van der Waals surface area contributed by atoms with E-state index in [0.29, 0.717) is 11.6 Å². The fraction of sp³-hybridized carbons (Fsp3) is 0.545. The van der Waals surface area contributed by atoms with Gasteiger partial charge < -0.3 is 20.7 Å². The van der Waals surface area contributed by atoms with E-state index in [4.69, 9.17) is 10.5 Å². The maximum Gasteiger partial charge on any atom is 0.238 e. The summed E-state index contributed by atoms with van der Waals surface area (Å²) in [5.74, 6) is 1.25. The van der Waals surface area contributed by atoms with Crippen LogP contribution in [0, 0.1) is 0 Å². The summed E-state index contributed by atoms with van der Waals surface area (Å²) in [4.78, 5) is 6.46. The summed E-state index contributed by atoms with van der Waals surface area (Å²) in [5.41, 5.74) is 6.23. The number of pyridine rings is 1. The van der Waals surface area contributed by atoms with Crippen molar-refractivity contribution in [1.82, 2.24) is 9.88 Å². The number of nitrogens with zero attached hydrogens (tertiary/aromatic N) is 2. The number of hydrogen-bond donors (Lipinski definition) is 2. The monoisotopic (exact) mass is 224 g/mol. The number of aromatic nitrogens is 1. The molecule has 0 saturated heterocycles. The van der Waals surface area contributed by atoms with Gasteiger partial charge in [0.2, 0.25) is 5.88 Å². The second-order valence-corrected chi connectivity index (χ2v) is 3.62. The van der Waals surface area contributed by atoms with Crippen LogP contribution in [0.4, 0.5) is 11.5 Å². The van der Waals surface area contributed by atoms with E-state index >= 15 is 0 Å². The van der Waals surface area contributed by atoms with E-state index in [1.54, 1.807) is 13.2 Å². The molecule has 0 fully saturated rings. The molecule has 1 aromatic heterocycles. The minimum Gasteiger partial charge on any atom is -0.479 e. The molecule has 0 radical (unpaired) electrons. The fourth-order valence-electron chi connectivity index (χ4n) is 1.25. The summed E-state index contributed by atoms with van der Waals surface area (Å²) < 4.78 is 5.05. The summed E-state index contributed by atoms with van der Waals surface area (Å²) in [6.07, 6.45) is 0. The second-order valence-electron chi connectivity index (χ2n) is 3.62. The van der Waals surface area contributed by atoms with Crippen LogP contribution >= 0.6 is 0 Å². The summed E-state index contributed by atoms with van der Waals surface area (Å²) in [6.45, 7) is 5.00. The van der Waals surface area contributed by atoms with Crippen molar-refractivity contribution in [3.8, 4) is 5.88 Å². The predicted molar refractivity (Wildman–Crippen MR) is 66.9 cm³/mol. The molecule has 0 aromatic carbocycles. The molecule has 0 aliphatic carbocycles. The highest BCUT2D eigenvalue weighted by molar-refractivity contribution is 5.53. The quantitative estimate of drug-likeness (QED) is 0.756. The molecular formula is C11H20N4O. The minimum atomic E-state index is 0.467. The lowest BCUT2D eigenvalue weighted by Crippen LogP contribution is -2.24. The zero-order valence-electron chi connectivity index (χ0n) is 10.2. The highest BCUT2D eigenvalue weighted by Gasteiger charge is 2.02. The smallest absolute Gasteiger partial charge is 0.238 e. The molecule has 5 nitrogen and oxygen atoms in total. The standard InChI is InChI=1S/C11H20N4O/c1-4-15(2)8-7-13-10-6-5-9(12)11(14-10)16-3/h5-6H,4,7-8,12H2,1-3H3,(H,13,14). The van der Waals surface area contributed by atoms with E-state index < -0.39 is 0 Å². The zero-order valence-corrected chi connectivity index (χ0v) is 10.2. The van der Waals surface area contributed by atoms with E-state index in [1.165, 1.54) is 0 Å². The third-order valence-corrected chi connectivity index (χ3v) is 2.42. The molecule has 1 heterocycles. The van der Waals surface area contributed by atoms with Crippen LogP contribution in [0.3, 0.4) is 0 Å². The molecule has 90 valence electrons. The Balaban J connectivity index is 2.48. The van der Waals surface area contributed by atoms with Gasteiger partial charge in [-0.05, 0) is 25.7 Å². The molecule has 1 rings (SSSR count). The number of nitrogen functional groups attached to an aromatic ring is 1. The van der Waals surface area contributed by atoms with Crippen molar-refractivity contribution >= 4 is 11.5 Å². The highest BCUT2D eigenvalue weighted by atomic mass is 16.5. The number of anilines is 2. The minimum absolute atomic E-state index is 0.467.